The number of rotatable bonds is 8. The van der Waals surface area contributed by atoms with Crippen LogP contribution in [0, 0.1) is 23.7 Å². The monoisotopic (exact) mass is 471 g/mol. The predicted molar refractivity (Wildman–Crippen MR) is 128 cm³/mol. The molecular formula is C28H41NO5. The molecule has 188 valence electrons. The summed E-state index contributed by atoms with van der Waals surface area (Å²) in [7, 11) is 0. The lowest BCUT2D eigenvalue weighted by Crippen LogP contribution is -2.59. The highest BCUT2D eigenvalue weighted by molar-refractivity contribution is 5.30. The molecule has 0 atom stereocenters. The van der Waals surface area contributed by atoms with Crippen molar-refractivity contribution in [2.75, 3.05) is 32.8 Å². The smallest absolute Gasteiger partial charge is 0.210 e. The zero-order valence-corrected chi connectivity index (χ0v) is 20.6. The third-order valence-electron chi connectivity index (χ3n) is 9.58. The summed E-state index contributed by atoms with van der Waals surface area (Å²) in [6, 6.07) is 8.62. The van der Waals surface area contributed by atoms with Crippen molar-refractivity contribution in [1.82, 2.24) is 4.90 Å². The lowest BCUT2D eigenvalue weighted by molar-refractivity contribution is -0.390. The van der Waals surface area contributed by atoms with Crippen LogP contribution in [0.1, 0.15) is 76.2 Å². The fourth-order valence-electron chi connectivity index (χ4n) is 7.88. The van der Waals surface area contributed by atoms with Crippen LogP contribution < -0.4 is 4.74 Å². The van der Waals surface area contributed by atoms with Crippen LogP contribution in [-0.4, -0.2) is 54.4 Å². The van der Waals surface area contributed by atoms with Crippen LogP contribution in [0.2, 0.25) is 0 Å². The normalized spacial score (nSPS) is 40.6. The maximum Gasteiger partial charge on any atom is 0.210 e. The van der Waals surface area contributed by atoms with Gasteiger partial charge in [0.15, 0.2) is 0 Å². The molecule has 1 heterocycles. The minimum atomic E-state index is -0.533. The summed E-state index contributed by atoms with van der Waals surface area (Å²) in [4.78, 5) is 14.5. The molecule has 0 radical (unpaired) electrons. The molecule has 1 saturated heterocycles. The standard InChI is InChI=1S/C28H41NO5/c1-2-29(11-13-30)12-14-31-26-5-3-22(4-6-26)23-7-9-27(10-8-23)32-28(34-33-27)24-16-20-15-21(18-24)19-25(28)17-20/h3-6,20-21,23-25,30H,2,7-19H2,1H3/t20?,21?,23-,24?,25?,27+,28-. The first-order valence-corrected chi connectivity index (χ1v) is 13.7. The first-order chi connectivity index (χ1) is 16.6. The van der Waals surface area contributed by atoms with Gasteiger partial charge in [0.25, 0.3) is 0 Å². The number of hydrogen-bond donors (Lipinski definition) is 1. The summed E-state index contributed by atoms with van der Waals surface area (Å²) >= 11 is 0. The molecule has 7 rings (SSSR count). The van der Waals surface area contributed by atoms with Gasteiger partial charge in [-0.25, -0.2) is 0 Å². The van der Waals surface area contributed by atoms with Gasteiger partial charge in [0.05, 0.1) is 6.61 Å². The van der Waals surface area contributed by atoms with E-state index in [2.05, 4.69) is 36.1 Å². The van der Waals surface area contributed by atoms with E-state index in [4.69, 9.17) is 24.4 Å². The van der Waals surface area contributed by atoms with Gasteiger partial charge in [-0.1, -0.05) is 19.1 Å². The Morgan fingerprint density at radius 3 is 2.24 bits per heavy atom. The van der Waals surface area contributed by atoms with Crippen molar-refractivity contribution >= 4 is 0 Å². The Hall–Kier alpha value is -1.18. The fraction of sp³-hybridized carbons (Fsp3) is 0.786. The molecule has 5 aliphatic carbocycles. The number of aliphatic hydroxyl groups excluding tert-OH is 1. The number of hydrogen-bond acceptors (Lipinski definition) is 6. The van der Waals surface area contributed by atoms with Gasteiger partial charge in [0.2, 0.25) is 11.6 Å². The third kappa shape index (κ3) is 4.20. The molecule has 6 aliphatic rings. The van der Waals surface area contributed by atoms with E-state index in [1.807, 2.05) is 0 Å². The highest BCUT2D eigenvalue weighted by atomic mass is 17.3. The third-order valence-corrected chi connectivity index (χ3v) is 9.58. The molecule has 6 heteroatoms. The molecule has 1 aromatic carbocycles. The Morgan fingerprint density at radius 1 is 0.941 bits per heavy atom. The van der Waals surface area contributed by atoms with Gasteiger partial charge in [-0.2, -0.15) is 9.78 Å². The topological polar surface area (TPSA) is 60.4 Å². The first-order valence-electron chi connectivity index (χ1n) is 13.7. The van der Waals surface area contributed by atoms with E-state index in [-0.39, 0.29) is 6.61 Å². The summed E-state index contributed by atoms with van der Waals surface area (Å²) in [5.41, 5.74) is 1.38. The quantitative estimate of drug-likeness (QED) is 0.546. The van der Waals surface area contributed by atoms with Gasteiger partial charge < -0.3 is 14.6 Å². The van der Waals surface area contributed by atoms with Crippen molar-refractivity contribution in [3.63, 3.8) is 0 Å². The van der Waals surface area contributed by atoms with Crippen molar-refractivity contribution in [3.8, 4) is 5.75 Å². The Balaban J connectivity index is 1.02. The Bertz CT molecular complexity index is 806. The average molecular weight is 472 g/mol. The molecular weight excluding hydrogens is 430 g/mol. The number of nitrogens with zero attached hydrogens (tertiary/aromatic N) is 1. The van der Waals surface area contributed by atoms with Crippen LogP contribution in [0.5, 0.6) is 5.75 Å². The first kappa shape index (κ1) is 23.2. The van der Waals surface area contributed by atoms with E-state index in [0.717, 1.165) is 56.4 Å². The summed E-state index contributed by atoms with van der Waals surface area (Å²) in [5, 5.41) is 9.11. The SMILES string of the molecule is CCN(CCO)CCOc1ccc([C@H]2CC[C@]3(CC2)OO[C@]2(O3)C3CC4CC(C3)CC2C4)cc1. The van der Waals surface area contributed by atoms with Crippen molar-refractivity contribution in [2.45, 2.75) is 82.2 Å². The van der Waals surface area contributed by atoms with Crippen LogP contribution in [-0.2, 0) is 14.5 Å². The van der Waals surface area contributed by atoms with Crippen LogP contribution in [0.15, 0.2) is 24.3 Å². The molecule has 6 nitrogen and oxygen atoms in total. The fourth-order valence-corrected chi connectivity index (χ4v) is 7.88. The molecule has 1 aromatic rings. The molecule has 1 aliphatic heterocycles. The van der Waals surface area contributed by atoms with Gasteiger partial charge in [0.1, 0.15) is 12.4 Å². The van der Waals surface area contributed by atoms with E-state index in [0.29, 0.717) is 30.9 Å². The number of likely N-dealkylation sites (N-methyl/N-ethyl adjacent to an activating group) is 1. The van der Waals surface area contributed by atoms with E-state index >= 15 is 0 Å². The highest BCUT2D eigenvalue weighted by Crippen LogP contribution is 2.64. The molecule has 2 spiro atoms. The maximum absolute atomic E-state index is 9.11. The molecule has 0 amide bonds. The Labute approximate surface area is 203 Å². The van der Waals surface area contributed by atoms with Gasteiger partial charge in [-0.15, -0.1) is 0 Å². The minimum absolute atomic E-state index is 0.191. The van der Waals surface area contributed by atoms with Gasteiger partial charge >= 0.3 is 0 Å². The molecule has 34 heavy (non-hydrogen) atoms. The molecule has 0 aromatic heterocycles. The largest absolute Gasteiger partial charge is 0.492 e. The minimum Gasteiger partial charge on any atom is -0.492 e. The zero-order chi connectivity index (χ0) is 23.2. The molecule has 5 saturated carbocycles. The second kappa shape index (κ2) is 9.36. The van der Waals surface area contributed by atoms with E-state index in [1.165, 1.54) is 37.7 Å². The summed E-state index contributed by atoms with van der Waals surface area (Å²) in [6.45, 7) is 5.39. The van der Waals surface area contributed by atoms with E-state index in [1.54, 1.807) is 0 Å². The Kier molecular flexibility index (Phi) is 6.40. The maximum atomic E-state index is 9.11. The van der Waals surface area contributed by atoms with Gasteiger partial charge in [0, 0.05) is 37.8 Å². The number of ether oxygens (including phenoxy) is 2. The van der Waals surface area contributed by atoms with Crippen molar-refractivity contribution in [2.24, 2.45) is 23.7 Å². The summed E-state index contributed by atoms with van der Waals surface area (Å²) in [5.74, 6) is 3.30. The highest BCUT2D eigenvalue weighted by Gasteiger charge is 2.66. The molecule has 1 N–H and O–H groups in total. The predicted octanol–water partition coefficient (Wildman–Crippen LogP) is 4.86. The van der Waals surface area contributed by atoms with Gasteiger partial charge in [-0.3, -0.25) is 4.90 Å². The van der Waals surface area contributed by atoms with Crippen LogP contribution in [0.3, 0.4) is 0 Å². The van der Waals surface area contributed by atoms with Crippen molar-refractivity contribution in [3.05, 3.63) is 29.8 Å². The van der Waals surface area contributed by atoms with E-state index in [9.17, 15) is 0 Å². The second-order valence-electron chi connectivity index (χ2n) is 11.6. The lowest BCUT2D eigenvalue weighted by Gasteiger charge is -2.57. The van der Waals surface area contributed by atoms with Crippen molar-refractivity contribution < 1.29 is 24.4 Å². The lowest BCUT2D eigenvalue weighted by atomic mass is 9.53. The number of aliphatic hydroxyl groups is 1. The number of benzene rings is 1. The summed E-state index contributed by atoms with van der Waals surface area (Å²) in [6.07, 6.45) is 10.4. The molecule has 6 fully saturated rings. The zero-order valence-electron chi connectivity index (χ0n) is 20.6. The molecule has 0 unspecified atom stereocenters. The second-order valence-corrected chi connectivity index (χ2v) is 11.6. The average Bonchev–Trinajstić information content (AvgIpc) is 3.22. The van der Waals surface area contributed by atoms with Gasteiger partial charge in [-0.05, 0) is 86.9 Å². The van der Waals surface area contributed by atoms with Crippen LogP contribution in [0.25, 0.3) is 0 Å². The summed E-state index contributed by atoms with van der Waals surface area (Å²) < 4.78 is 12.8. The van der Waals surface area contributed by atoms with E-state index < -0.39 is 11.6 Å². The van der Waals surface area contributed by atoms with Crippen LogP contribution in [0.4, 0.5) is 0 Å². The van der Waals surface area contributed by atoms with Crippen LogP contribution >= 0.6 is 0 Å². The molecule has 4 bridgehead atoms. The Morgan fingerprint density at radius 2 is 1.62 bits per heavy atom. The van der Waals surface area contributed by atoms with Crippen molar-refractivity contribution in [1.29, 1.82) is 0 Å².